The van der Waals surface area contributed by atoms with Crippen LogP contribution in [-0.4, -0.2) is 46.8 Å². The maximum Gasteiger partial charge on any atom is 0.0685 e. The van der Waals surface area contributed by atoms with Crippen LogP contribution in [0.3, 0.4) is 0 Å². The van der Waals surface area contributed by atoms with Gasteiger partial charge >= 0.3 is 0 Å². The van der Waals surface area contributed by atoms with Crippen LogP contribution < -0.4 is 5.32 Å². The molecule has 0 bridgehead atoms. The van der Waals surface area contributed by atoms with Gasteiger partial charge in [0.15, 0.2) is 0 Å². The summed E-state index contributed by atoms with van der Waals surface area (Å²) in [5, 5.41) is 5.42. The van der Waals surface area contributed by atoms with Crippen molar-refractivity contribution in [1.29, 1.82) is 0 Å². The lowest BCUT2D eigenvalue weighted by Gasteiger charge is -2.50. The Morgan fingerprint density at radius 1 is 1.30 bits per heavy atom. The molecule has 0 aromatic carbocycles. The fourth-order valence-corrected chi connectivity index (χ4v) is 7.16. The second-order valence-corrected chi connectivity index (χ2v) is 9.40. The summed E-state index contributed by atoms with van der Waals surface area (Å²) in [4.78, 5) is 0. The van der Waals surface area contributed by atoms with Crippen LogP contribution in [-0.2, 0) is 4.74 Å². The van der Waals surface area contributed by atoms with Crippen molar-refractivity contribution in [2.24, 2.45) is 5.92 Å². The molecule has 4 heteroatoms. The largest absolute Gasteiger partial charge is 0.375 e. The molecule has 2 saturated heterocycles. The fraction of sp³-hybridized carbons (Fsp3) is 1.00. The van der Waals surface area contributed by atoms with Crippen LogP contribution in [0.4, 0.5) is 0 Å². The summed E-state index contributed by atoms with van der Waals surface area (Å²) in [6, 6.07) is 0.689. The lowest BCUT2D eigenvalue weighted by molar-refractivity contribution is -0.147. The molecular formula is C16H29NOS2. The Balaban J connectivity index is 1.68. The Bertz CT molecular complexity index is 322. The highest BCUT2D eigenvalue weighted by molar-refractivity contribution is 8.07. The average Bonchev–Trinajstić information content (AvgIpc) is 2.44. The van der Waals surface area contributed by atoms with Gasteiger partial charge in [0.2, 0.25) is 0 Å². The molecule has 0 aromatic heterocycles. The zero-order valence-corrected chi connectivity index (χ0v) is 14.5. The molecule has 2 heterocycles. The first kappa shape index (κ1) is 15.5. The van der Waals surface area contributed by atoms with E-state index in [1.54, 1.807) is 0 Å². The predicted octanol–water partition coefficient (Wildman–Crippen LogP) is 3.55. The first-order chi connectivity index (χ1) is 9.74. The van der Waals surface area contributed by atoms with E-state index in [1.807, 2.05) is 0 Å². The van der Waals surface area contributed by atoms with Crippen molar-refractivity contribution < 1.29 is 4.74 Å². The molecule has 1 N–H and O–H groups in total. The van der Waals surface area contributed by atoms with E-state index in [0.29, 0.717) is 6.04 Å². The van der Waals surface area contributed by atoms with Gasteiger partial charge in [-0.15, -0.1) is 0 Å². The van der Waals surface area contributed by atoms with E-state index in [4.69, 9.17) is 4.74 Å². The predicted molar refractivity (Wildman–Crippen MR) is 90.9 cm³/mol. The van der Waals surface area contributed by atoms with Gasteiger partial charge in [-0.2, -0.15) is 23.5 Å². The zero-order chi connectivity index (χ0) is 14.0. The number of hydrogen-bond donors (Lipinski definition) is 1. The standard InChI is InChI=1S/C16H29NOS2/c1-3-17-14(15-12(2)19-9-10-20-15)13-5-8-18-16(11-13)6-4-7-16/h12-15,17H,3-11H2,1-2H3. The Morgan fingerprint density at radius 3 is 2.75 bits per heavy atom. The van der Waals surface area contributed by atoms with Crippen molar-refractivity contribution in [2.75, 3.05) is 24.7 Å². The van der Waals surface area contributed by atoms with Gasteiger partial charge in [0.25, 0.3) is 0 Å². The molecule has 1 spiro atoms. The molecule has 0 radical (unpaired) electrons. The number of ether oxygens (including phenoxy) is 1. The molecule has 1 saturated carbocycles. The molecule has 20 heavy (non-hydrogen) atoms. The molecule has 4 unspecified atom stereocenters. The normalized spacial score (nSPS) is 38.4. The minimum Gasteiger partial charge on any atom is -0.375 e. The lowest BCUT2D eigenvalue weighted by atomic mass is 9.70. The van der Waals surface area contributed by atoms with Crippen molar-refractivity contribution in [1.82, 2.24) is 5.32 Å². The van der Waals surface area contributed by atoms with Crippen LogP contribution in [0.1, 0.15) is 46.0 Å². The minimum absolute atomic E-state index is 0.284. The van der Waals surface area contributed by atoms with Crippen LogP contribution in [0.15, 0.2) is 0 Å². The van der Waals surface area contributed by atoms with Gasteiger partial charge in [-0.1, -0.05) is 13.8 Å². The first-order valence-corrected chi connectivity index (χ1v) is 10.4. The van der Waals surface area contributed by atoms with E-state index < -0.39 is 0 Å². The number of nitrogens with one attached hydrogen (secondary N) is 1. The highest BCUT2D eigenvalue weighted by Crippen LogP contribution is 2.47. The van der Waals surface area contributed by atoms with Gasteiger partial charge in [0.1, 0.15) is 0 Å². The molecule has 3 rings (SSSR count). The maximum absolute atomic E-state index is 6.13. The van der Waals surface area contributed by atoms with Gasteiger partial charge in [0.05, 0.1) is 5.60 Å². The summed E-state index contributed by atoms with van der Waals surface area (Å²) in [5.41, 5.74) is 0.284. The Labute approximate surface area is 132 Å². The Hall–Kier alpha value is 0.620. The van der Waals surface area contributed by atoms with Gasteiger partial charge in [-0.25, -0.2) is 0 Å². The fourth-order valence-electron chi connectivity index (χ4n) is 4.12. The summed E-state index contributed by atoms with van der Waals surface area (Å²) in [7, 11) is 0. The molecule has 3 fully saturated rings. The second kappa shape index (κ2) is 6.80. The molecular weight excluding hydrogens is 286 g/mol. The van der Waals surface area contributed by atoms with E-state index >= 15 is 0 Å². The monoisotopic (exact) mass is 315 g/mol. The van der Waals surface area contributed by atoms with Gasteiger partial charge < -0.3 is 10.1 Å². The van der Waals surface area contributed by atoms with Crippen LogP contribution in [0.25, 0.3) is 0 Å². The van der Waals surface area contributed by atoms with Crippen LogP contribution in [0.2, 0.25) is 0 Å². The summed E-state index contributed by atoms with van der Waals surface area (Å²) in [5.74, 6) is 3.48. The van der Waals surface area contributed by atoms with Crippen LogP contribution in [0, 0.1) is 5.92 Å². The van der Waals surface area contributed by atoms with E-state index in [-0.39, 0.29) is 5.60 Å². The lowest BCUT2D eigenvalue weighted by Crippen LogP contribution is -2.55. The molecule has 3 aliphatic rings. The molecule has 116 valence electrons. The smallest absolute Gasteiger partial charge is 0.0685 e. The number of hydrogen-bond acceptors (Lipinski definition) is 4. The molecule has 1 aliphatic carbocycles. The van der Waals surface area contributed by atoms with Gasteiger partial charge in [-0.3, -0.25) is 0 Å². The minimum atomic E-state index is 0.284. The molecule has 4 atom stereocenters. The quantitative estimate of drug-likeness (QED) is 0.856. The summed E-state index contributed by atoms with van der Waals surface area (Å²) >= 11 is 4.39. The number of thioether (sulfide) groups is 2. The van der Waals surface area contributed by atoms with Crippen LogP contribution >= 0.6 is 23.5 Å². The van der Waals surface area contributed by atoms with Crippen molar-refractivity contribution in [3.05, 3.63) is 0 Å². The van der Waals surface area contributed by atoms with Gasteiger partial charge in [-0.05, 0) is 44.6 Å². The molecule has 0 amide bonds. The van der Waals surface area contributed by atoms with Crippen molar-refractivity contribution in [3.63, 3.8) is 0 Å². The third kappa shape index (κ3) is 3.18. The molecule has 2 aliphatic heterocycles. The van der Waals surface area contributed by atoms with Crippen molar-refractivity contribution in [3.8, 4) is 0 Å². The van der Waals surface area contributed by atoms with E-state index in [9.17, 15) is 0 Å². The van der Waals surface area contributed by atoms with Crippen LogP contribution in [0.5, 0.6) is 0 Å². The third-order valence-corrected chi connectivity index (χ3v) is 8.55. The van der Waals surface area contributed by atoms with E-state index in [1.165, 1.54) is 43.6 Å². The average molecular weight is 316 g/mol. The zero-order valence-electron chi connectivity index (χ0n) is 12.9. The van der Waals surface area contributed by atoms with E-state index in [0.717, 1.165) is 29.6 Å². The number of rotatable bonds is 4. The second-order valence-electron chi connectivity index (χ2n) is 6.63. The summed E-state index contributed by atoms with van der Waals surface area (Å²) in [6.07, 6.45) is 6.56. The molecule has 2 nitrogen and oxygen atoms in total. The summed E-state index contributed by atoms with van der Waals surface area (Å²) < 4.78 is 6.13. The van der Waals surface area contributed by atoms with Gasteiger partial charge in [0, 0.05) is 34.7 Å². The van der Waals surface area contributed by atoms with E-state index in [2.05, 4.69) is 42.7 Å². The first-order valence-electron chi connectivity index (χ1n) is 8.35. The van der Waals surface area contributed by atoms with Crippen molar-refractivity contribution in [2.45, 2.75) is 68.1 Å². The maximum atomic E-state index is 6.13. The summed E-state index contributed by atoms with van der Waals surface area (Å²) in [6.45, 7) is 6.79. The van der Waals surface area contributed by atoms with Crippen molar-refractivity contribution >= 4 is 23.5 Å². The Kier molecular flexibility index (Phi) is 5.28. The Morgan fingerprint density at radius 2 is 2.10 bits per heavy atom. The highest BCUT2D eigenvalue weighted by Gasteiger charge is 2.46. The highest BCUT2D eigenvalue weighted by atomic mass is 32.2. The SMILES string of the molecule is CCNC(C1CCOC2(CCC2)C1)C1SCCSC1C. The molecule has 0 aromatic rings. The topological polar surface area (TPSA) is 21.3 Å². The third-order valence-electron chi connectivity index (χ3n) is 5.33.